The molecule has 2 rings (SSSR count). The molecule has 15 heavy (non-hydrogen) atoms. The molecule has 1 aromatic heterocycles. The van der Waals surface area contributed by atoms with Crippen molar-refractivity contribution >= 4 is 34.5 Å². The molecule has 0 unspecified atom stereocenters. The molecular formula is C9H5ClN2O3. The Bertz CT molecular complexity index is 562. The molecule has 0 aliphatic rings. The molecule has 0 radical (unpaired) electrons. The molecule has 76 valence electrons. The molecule has 1 heterocycles. The number of rotatable bonds is 2. The highest BCUT2D eigenvalue weighted by atomic mass is 35.5. The Balaban J connectivity index is 2.75. The van der Waals surface area contributed by atoms with Gasteiger partial charge in [-0.3, -0.25) is 14.9 Å². The zero-order valence-corrected chi connectivity index (χ0v) is 8.12. The number of fused-ring (bicyclic) bond motifs is 1. The van der Waals surface area contributed by atoms with E-state index in [-0.39, 0.29) is 10.7 Å². The van der Waals surface area contributed by atoms with Gasteiger partial charge in [0.05, 0.1) is 21.2 Å². The number of hydrogen-bond acceptors (Lipinski definition) is 3. The molecule has 0 saturated heterocycles. The van der Waals surface area contributed by atoms with Crippen molar-refractivity contribution < 1.29 is 9.72 Å². The van der Waals surface area contributed by atoms with Crippen LogP contribution in [0, 0.1) is 10.1 Å². The molecule has 0 spiro atoms. The number of non-ortho nitro benzene ring substituents is 1. The number of halogens is 1. The number of aromatic nitrogens is 1. The fourth-order valence-electron chi connectivity index (χ4n) is 1.38. The maximum absolute atomic E-state index is 10.5. The van der Waals surface area contributed by atoms with Gasteiger partial charge in [-0.2, -0.15) is 0 Å². The number of aldehydes is 1. The number of hydrogen-bond donors (Lipinski definition) is 1. The maximum atomic E-state index is 10.5. The van der Waals surface area contributed by atoms with Crippen LogP contribution in [0.1, 0.15) is 10.5 Å². The van der Waals surface area contributed by atoms with Crippen LogP contribution in [-0.2, 0) is 0 Å². The minimum Gasteiger partial charge on any atom is -0.351 e. The summed E-state index contributed by atoms with van der Waals surface area (Å²) < 4.78 is 0. The van der Waals surface area contributed by atoms with Gasteiger partial charge in [-0.1, -0.05) is 11.6 Å². The van der Waals surface area contributed by atoms with Crippen LogP contribution in [0.3, 0.4) is 0 Å². The quantitative estimate of drug-likeness (QED) is 0.484. The normalized spacial score (nSPS) is 10.5. The summed E-state index contributed by atoms with van der Waals surface area (Å²) in [6.07, 6.45) is 0.627. The molecule has 5 nitrogen and oxygen atoms in total. The van der Waals surface area contributed by atoms with Gasteiger partial charge in [-0.25, -0.2) is 0 Å². The summed E-state index contributed by atoms with van der Waals surface area (Å²) in [5.74, 6) is 0. The number of nitro groups is 1. The van der Waals surface area contributed by atoms with Gasteiger partial charge in [0.1, 0.15) is 0 Å². The van der Waals surface area contributed by atoms with Crippen LogP contribution in [0.2, 0.25) is 5.02 Å². The van der Waals surface area contributed by atoms with Crippen molar-refractivity contribution in [2.75, 3.05) is 0 Å². The van der Waals surface area contributed by atoms with Crippen molar-refractivity contribution in [3.05, 3.63) is 39.0 Å². The van der Waals surface area contributed by atoms with E-state index in [0.29, 0.717) is 22.9 Å². The van der Waals surface area contributed by atoms with Crippen LogP contribution < -0.4 is 0 Å². The molecule has 6 heteroatoms. The topological polar surface area (TPSA) is 76.0 Å². The van der Waals surface area contributed by atoms with E-state index in [4.69, 9.17) is 11.6 Å². The van der Waals surface area contributed by atoms with Gasteiger partial charge in [-0.15, -0.1) is 0 Å². The minimum atomic E-state index is -0.529. The van der Waals surface area contributed by atoms with E-state index in [9.17, 15) is 14.9 Å². The number of benzene rings is 1. The second-order valence-electron chi connectivity index (χ2n) is 2.99. The van der Waals surface area contributed by atoms with E-state index in [0.717, 1.165) is 0 Å². The molecule has 0 fully saturated rings. The lowest BCUT2D eigenvalue weighted by Crippen LogP contribution is -1.87. The van der Waals surface area contributed by atoms with E-state index >= 15 is 0 Å². The average Bonchev–Trinajstić information content (AvgIpc) is 2.61. The first-order chi connectivity index (χ1) is 7.11. The van der Waals surface area contributed by atoms with Crippen LogP contribution in [-0.4, -0.2) is 16.2 Å². The Hall–Kier alpha value is -1.88. The summed E-state index contributed by atoms with van der Waals surface area (Å²) in [7, 11) is 0. The number of carbonyl (C=O) groups is 1. The maximum Gasteiger partial charge on any atom is 0.271 e. The monoisotopic (exact) mass is 224 g/mol. The second-order valence-corrected chi connectivity index (χ2v) is 3.40. The zero-order chi connectivity index (χ0) is 11.0. The molecule has 1 aromatic carbocycles. The predicted molar refractivity (Wildman–Crippen MR) is 55.4 cm³/mol. The molecule has 0 aliphatic heterocycles. The van der Waals surface area contributed by atoms with Gasteiger partial charge >= 0.3 is 0 Å². The summed E-state index contributed by atoms with van der Waals surface area (Å²) >= 11 is 5.82. The van der Waals surface area contributed by atoms with Crippen LogP contribution in [0.25, 0.3) is 10.9 Å². The number of nitrogens with one attached hydrogen (secondary N) is 1. The third-order valence-electron chi connectivity index (χ3n) is 2.02. The van der Waals surface area contributed by atoms with Crippen molar-refractivity contribution in [3.8, 4) is 0 Å². The summed E-state index contributed by atoms with van der Waals surface area (Å²) in [6.45, 7) is 0. The third kappa shape index (κ3) is 1.57. The van der Waals surface area contributed by atoms with Crippen molar-refractivity contribution in [2.45, 2.75) is 0 Å². The summed E-state index contributed by atoms with van der Waals surface area (Å²) in [6, 6.07) is 4.13. The van der Waals surface area contributed by atoms with Crippen LogP contribution >= 0.6 is 11.6 Å². The molecule has 0 saturated carbocycles. The summed E-state index contributed by atoms with van der Waals surface area (Å²) in [4.78, 5) is 23.3. The molecule has 1 N–H and O–H groups in total. The number of H-pyrrole nitrogens is 1. The number of carbonyl (C=O) groups excluding carboxylic acids is 1. The van der Waals surface area contributed by atoms with Gasteiger partial charge in [0.2, 0.25) is 0 Å². The second kappa shape index (κ2) is 3.36. The van der Waals surface area contributed by atoms with E-state index in [1.807, 2.05) is 0 Å². The SMILES string of the molecule is O=Cc1cc2cc([N+](=O)[O-])cc(Cl)c2[nH]1. The van der Waals surface area contributed by atoms with Crippen LogP contribution in [0.15, 0.2) is 18.2 Å². The molecule has 2 aromatic rings. The lowest BCUT2D eigenvalue weighted by atomic mass is 10.2. The average molecular weight is 225 g/mol. The fourth-order valence-corrected chi connectivity index (χ4v) is 1.64. The van der Waals surface area contributed by atoms with Gasteiger partial charge < -0.3 is 4.98 Å². The largest absolute Gasteiger partial charge is 0.351 e. The molecular weight excluding hydrogens is 220 g/mol. The number of nitrogens with zero attached hydrogens (tertiary/aromatic N) is 1. The first-order valence-electron chi connectivity index (χ1n) is 4.03. The summed E-state index contributed by atoms with van der Waals surface area (Å²) in [5.41, 5.74) is 0.778. The van der Waals surface area contributed by atoms with Gasteiger partial charge in [0, 0.05) is 17.5 Å². The van der Waals surface area contributed by atoms with Crippen molar-refractivity contribution in [1.82, 2.24) is 4.98 Å². The standard InChI is InChI=1S/C9H5ClN2O3/c10-8-3-7(12(14)15)2-5-1-6(4-13)11-9(5)8/h1-4,11H. The highest BCUT2D eigenvalue weighted by Crippen LogP contribution is 2.28. The fraction of sp³-hybridized carbons (Fsp3) is 0. The van der Waals surface area contributed by atoms with E-state index in [1.165, 1.54) is 18.2 Å². The predicted octanol–water partition coefficient (Wildman–Crippen LogP) is 2.54. The molecule has 0 atom stereocenters. The van der Waals surface area contributed by atoms with Crippen molar-refractivity contribution in [3.63, 3.8) is 0 Å². The Morgan fingerprint density at radius 2 is 2.13 bits per heavy atom. The first-order valence-corrected chi connectivity index (χ1v) is 4.41. The van der Waals surface area contributed by atoms with Crippen molar-refractivity contribution in [2.24, 2.45) is 0 Å². The van der Waals surface area contributed by atoms with E-state index in [2.05, 4.69) is 4.98 Å². The Morgan fingerprint density at radius 1 is 1.40 bits per heavy atom. The van der Waals surface area contributed by atoms with Gasteiger partial charge in [0.25, 0.3) is 5.69 Å². The number of nitro benzene ring substituents is 1. The van der Waals surface area contributed by atoms with E-state index < -0.39 is 4.92 Å². The molecule has 0 aliphatic carbocycles. The van der Waals surface area contributed by atoms with Crippen LogP contribution in [0.5, 0.6) is 0 Å². The lowest BCUT2D eigenvalue weighted by molar-refractivity contribution is -0.384. The lowest BCUT2D eigenvalue weighted by Gasteiger charge is -1.94. The molecule has 0 bridgehead atoms. The van der Waals surface area contributed by atoms with Gasteiger partial charge in [0.15, 0.2) is 6.29 Å². The van der Waals surface area contributed by atoms with Gasteiger partial charge in [-0.05, 0) is 6.07 Å². The molecule has 0 amide bonds. The first kappa shape index (κ1) is 9.67. The Labute approximate surface area is 88.8 Å². The number of aromatic amines is 1. The minimum absolute atomic E-state index is 0.0936. The Kier molecular flexibility index (Phi) is 2.17. The van der Waals surface area contributed by atoms with E-state index in [1.54, 1.807) is 0 Å². The third-order valence-corrected chi connectivity index (χ3v) is 2.32. The summed E-state index contributed by atoms with van der Waals surface area (Å²) in [5, 5.41) is 11.3. The highest BCUT2D eigenvalue weighted by molar-refractivity contribution is 6.35. The zero-order valence-electron chi connectivity index (χ0n) is 7.36. The van der Waals surface area contributed by atoms with Crippen molar-refractivity contribution in [1.29, 1.82) is 0 Å². The highest BCUT2D eigenvalue weighted by Gasteiger charge is 2.12. The van der Waals surface area contributed by atoms with Crippen LogP contribution in [0.4, 0.5) is 5.69 Å². The smallest absolute Gasteiger partial charge is 0.271 e. The Morgan fingerprint density at radius 3 is 2.73 bits per heavy atom.